The number of hydrogen-bond acceptors (Lipinski definition) is 4. The van der Waals surface area contributed by atoms with Crippen LogP contribution in [0.4, 0.5) is 0 Å². The number of aromatic nitrogens is 3. The smallest absolute Gasteiger partial charge is 0.217 e. The van der Waals surface area contributed by atoms with Crippen molar-refractivity contribution in [2.75, 3.05) is 0 Å². The summed E-state index contributed by atoms with van der Waals surface area (Å²) >= 11 is 5.86. The Labute approximate surface area is 133 Å². The maximum absolute atomic E-state index is 12.6. The van der Waals surface area contributed by atoms with Gasteiger partial charge in [-0.05, 0) is 43.3 Å². The molecule has 22 heavy (non-hydrogen) atoms. The van der Waals surface area contributed by atoms with Crippen molar-refractivity contribution in [3.63, 3.8) is 0 Å². The van der Waals surface area contributed by atoms with Crippen molar-refractivity contribution in [2.24, 2.45) is 0 Å². The van der Waals surface area contributed by atoms with Gasteiger partial charge in [0.1, 0.15) is 0 Å². The molecule has 3 aromatic rings. The average Bonchev–Trinajstić information content (AvgIpc) is 2.91. The summed E-state index contributed by atoms with van der Waals surface area (Å²) in [6.07, 6.45) is 0. The standard InChI is InChI=1S/C15H12ClN3O2S/c1-11-15(22(20,21)14-5-3-2-4-6-14)17-18-19(11)13-9-7-12(16)8-10-13/h2-10H,1H3. The van der Waals surface area contributed by atoms with E-state index in [-0.39, 0.29) is 9.92 Å². The molecule has 0 spiro atoms. The van der Waals surface area contributed by atoms with Gasteiger partial charge < -0.3 is 0 Å². The summed E-state index contributed by atoms with van der Waals surface area (Å²) in [6, 6.07) is 15.1. The van der Waals surface area contributed by atoms with Gasteiger partial charge in [0.05, 0.1) is 16.3 Å². The summed E-state index contributed by atoms with van der Waals surface area (Å²) < 4.78 is 26.7. The molecule has 1 heterocycles. The van der Waals surface area contributed by atoms with Crippen molar-refractivity contribution >= 4 is 21.4 Å². The quantitative estimate of drug-likeness (QED) is 0.739. The fourth-order valence-electron chi connectivity index (χ4n) is 2.10. The summed E-state index contributed by atoms with van der Waals surface area (Å²) in [4.78, 5) is 0.196. The molecule has 0 fully saturated rings. The van der Waals surface area contributed by atoms with Crippen molar-refractivity contribution < 1.29 is 8.42 Å². The summed E-state index contributed by atoms with van der Waals surface area (Å²) in [6.45, 7) is 1.67. The molecule has 0 aliphatic rings. The largest absolute Gasteiger partial charge is 0.227 e. The van der Waals surface area contributed by atoms with E-state index in [1.807, 2.05) is 0 Å². The third-order valence-corrected chi connectivity index (χ3v) is 5.26. The van der Waals surface area contributed by atoms with Crippen LogP contribution in [0.2, 0.25) is 5.02 Å². The molecular formula is C15H12ClN3O2S. The van der Waals surface area contributed by atoms with Crippen LogP contribution in [0.1, 0.15) is 5.69 Å². The molecule has 0 N–H and O–H groups in total. The van der Waals surface area contributed by atoms with Crippen LogP contribution in [0, 0.1) is 6.92 Å². The lowest BCUT2D eigenvalue weighted by Crippen LogP contribution is -2.05. The molecule has 1 aromatic heterocycles. The van der Waals surface area contributed by atoms with E-state index >= 15 is 0 Å². The molecule has 0 atom stereocenters. The third kappa shape index (κ3) is 2.51. The highest BCUT2D eigenvalue weighted by Crippen LogP contribution is 2.23. The normalized spacial score (nSPS) is 11.5. The third-order valence-electron chi connectivity index (χ3n) is 3.23. The monoisotopic (exact) mass is 333 g/mol. The van der Waals surface area contributed by atoms with E-state index in [1.165, 1.54) is 16.8 Å². The lowest BCUT2D eigenvalue weighted by Gasteiger charge is -2.04. The van der Waals surface area contributed by atoms with Gasteiger partial charge in [0.2, 0.25) is 14.9 Å². The van der Waals surface area contributed by atoms with Crippen LogP contribution in [-0.2, 0) is 9.84 Å². The van der Waals surface area contributed by atoms with Gasteiger partial charge in [-0.3, -0.25) is 0 Å². The Morgan fingerprint density at radius 1 is 1.00 bits per heavy atom. The van der Waals surface area contributed by atoms with E-state index in [2.05, 4.69) is 10.3 Å². The maximum atomic E-state index is 12.6. The van der Waals surface area contributed by atoms with E-state index in [0.29, 0.717) is 16.4 Å². The first-order chi connectivity index (χ1) is 10.5. The van der Waals surface area contributed by atoms with Crippen LogP contribution in [0.25, 0.3) is 5.69 Å². The summed E-state index contributed by atoms with van der Waals surface area (Å²) in [7, 11) is -3.69. The highest BCUT2D eigenvalue weighted by atomic mass is 35.5. The van der Waals surface area contributed by atoms with Gasteiger partial charge in [-0.25, -0.2) is 13.1 Å². The fourth-order valence-corrected chi connectivity index (χ4v) is 3.59. The van der Waals surface area contributed by atoms with E-state index in [9.17, 15) is 8.42 Å². The number of hydrogen-bond donors (Lipinski definition) is 0. The predicted octanol–water partition coefficient (Wildman–Crippen LogP) is 3.06. The van der Waals surface area contributed by atoms with Crippen LogP contribution in [0.5, 0.6) is 0 Å². The lowest BCUT2D eigenvalue weighted by molar-refractivity contribution is 0.591. The zero-order valence-electron chi connectivity index (χ0n) is 11.6. The molecule has 112 valence electrons. The zero-order valence-corrected chi connectivity index (χ0v) is 13.2. The first kappa shape index (κ1) is 14.7. The number of rotatable bonds is 3. The summed E-state index contributed by atoms with van der Waals surface area (Å²) in [5.74, 6) is 0. The lowest BCUT2D eigenvalue weighted by atomic mass is 10.3. The fraction of sp³-hybridized carbons (Fsp3) is 0.0667. The average molecular weight is 334 g/mol. The second kappa shape index (κ2) is 5.55. The van der Waals surface area contributed by atoms with Gasteiger partial charge in [0, 0.05) is 5.02 Å². The van der Waals surface area contributed by atoms with E-state index in [1.54, 1.807) is 49.4 Å². The molecule has 3 rings (SSSR count). The molecule has 0 amide bonds. The van der Waals surface area contributed by atoms with Crippen molar-refractivity contribution in [2.45, 2.75) is 16.8 Å². The molecular weight excluding hydrogens is 322 g/mol. The van der Waals surface area contributed by atoms with E-state index in [4.69, 9.17) is 11.6 Å². The number of sulfone groups is 1. The van der Waals surface area contributed by atoms with Crippen LogP contribution >= 0.6 is 11.6 Å². The molecule has 0 unspecified atom stereocenters. The molecule has 0 aliphatic carbocycles. The first-order valence-electron chi connectivity index (χ1n) is 6.48. The highest BCUT2D eigenvalue weighted by molar-refractivity contribution is 7.91. The van der Waals surface area contributed by atoms with Crippen LogP contribution in [0.3, 0.4) is 0 Å². The van der Waals surface area contributed by atoms with Crippen LogP contribution in [0.15, 0.2) is 64.5 Å². The van der Waals surface area contributed by atoms with Crippen molar-refractivity contribution in [3.05, 3.63) is 65.3 Å². The molecule has 7 heteroatoms. The Morgan fingerprint density at radius 3 is 2.27 bits per heavy atom. The Balaban J connectivity index is 2.10. The Morgan fingerprint density at radius 2 is 1.64 bits per heavy atom. The summed E-state index contributed by atoms with van der Waals surface area (Å²) in [5, 5.41) is 8.35. The Bertz CT molecular complexity index is 904. The van der Waals surface area contributed by atoms with Crippen molar-refractivity contribution in [1.82, 2.24) is 15.0 Å². The summed E-state index contributed by atoms with van der Waals surface area (Å²) in [5.41, 5.74) is 1.15. The number of benzene rings is 2. The van der Waals surface area contributed by atoms with Gasteiger partial charge in [-0.1, -0.05) is 35.0 Å². The SMILES string of the molecule is Cc1c(S(=O)(=O)c2ccccc2)nnn1-c1ccc(Cl)cc1. The molecule has 2 aromatic carbocycles. The highest BCUT2D eigenvalue weighted by Gasteiger charge is 2.25. The van der Waals surface area contributed by atoms with Gasteiger partial charge in [0.15, 0.2) is 0 Å². The van der Waals surface area contributed by atoms with E-state index in [0.717, 1.165) is 0 Å². The molecule has 0 saturated carbocycles. The second-order valence-corrected chi connectivity index (χ2v) is 6.99. The topological polar surface area (TPSA) is 64.8 Å². The Hall–Kier alpha value is -2.18. The minimum atomic E-state index is -3.69. The number of halogens is 1. The minimum Gasteiger partial charge on any atom is -0.217 e. The van der Waals surface area contributed by atoms with Crippen LogP contribution < -0.4 is 0 Å². The Kier molecular flexibility index (Phi) is 3.72. The van der Waals surface area contributed by atoms with Gasteiger partial charge >= 0.3 is 0 Å². The second-order valence-electron chi connectivity index (χ2n) is 4.68. The molecule has 0 bridgehead atoms. The van der Waals surface area contributed by atoms with Crippen molar-refractivity contribution in [1.29, 1.82) is 0 Å². The predicted molar refractivity (Wildman–Crippen MR) is 83.0 cm³/mol. The molecule has 0 radical (unpaired) electrons. The van der Waals surface area contributed by atoms with Gasteiger partial charge in [-0.15, -0.1) is 5.10 Å². The van der Waals surface area contributed by atoms with Crippen LogP contribution in [-0.4, -0.2) is 23.4 Å². The van der Waals surface area contributed by atoms with Gasteiger partial charge in [0.25, 0.3) is 0 Å². The molecule has 5 nitrogen and oxygen atoms in total. The first-order valence-corrected chi connectivity index (χ1v) is 8.34. The van der Waals surface area contributed by atoms with Gasteiger partial charge in [-0.2, -0.15) is 0 Å². The molecule has 0 aliphatic heterocycles. The molecule has 0 saturated heterocycles. The van der Waals surface area contributed by atoms with Crippen molar-refractivity contribution in [3.8, 4) is 5.69 Å². The zero-order chi connectivity index (χ0) is 15.7. The minimum absolute atomic E-state index is 0.0475. The maximum Gasteiger partial charge on any atom is 0.227 e. The van der Waals surface area contributed by atoms with E-state index < -0.39 is 9.84 Å². The number of nitrogens with zero attached hydrogens (tertiary/aromatic N) is 3.